The zero-order valence-corrected chi connectivity index (χ0v) is 16.1. The molecule has 0 bridgehead atoms. The van der Waals surface area contributed by atoms with Crippen molar-refractivity contribution in [2.45, 2.75) is 32.9 Å². The van der Waals surface area contributed by atoms with Gasteiger partial charge in [0.05, 0.1) is 17.2 Å². The standard InChI is InChI=1S/C18H21BrN4O3/c1-2-26-11-16-22-15-10-21-14-9-12(19)5-6-13(14)17(15)23(16)8-4-3-7-20-18(24)25/h5-6,9-10,20H,2-4,7-8,11H2,1H3,(H,24,25). The van der Waals surface area contributed by atoms with Crippen LogP contribution in [0.2, 0.25) is 0 Å². The highest BCUT2D eigenvalue weighted by molar-refractivity contribution is 9.10. The molecule has 138 valence electrons. The predicted octanol–water partition coefficient (Wildman–Crippen LogP) is 3.93. The number of carbonyl (C=O) groups is 1. The minimum absolute atomic E-state index is 0.441. The van der Waals surface area contributed by atoms with E-state index in [2.05, 4.69) is 30.8 Å². The fraction of sp³-hybridized carbons (Fsp3) is 0.389. The molecule has 0 saturated carbocycles. The molecule has 3 rings (SSSR count). The summed E-state index contributed by atoms with van der Waals surface area (Å²) in [4.78, 5) is 19.8. The molecule has 2 heterocycles. The Morgan fingerprint density at radius 3 is 2.96 bits per heavy atom. The molecule has 0 fully saturated rings. The summed E-state index contributed by atoms with van der Waals surface area (Å²) in [6.45, 7) is 4.21. The molecule has 0 aliphatic heterocycles. The van der Waals surface area contributed by atoms with E-state index in [9.17, 15) is 4.79 Å². The van der Waals surface area contributed by atoms with E-state index >= 15 is 0 Å². The molecule has 1 aromatic carbocycles. The summed E-state index contributed by atoms with van der Waals surface area (Å²) in [6.07, 6.45) is 2.40. The van der Waals surface area contributed by atoms with Crippen LogP contribution in [-0.4, -0.2) is 38.9 Å². The van der Waals surface area contributed by atoms with Gasteiger partial charge in [-0.2, -0.15) is 0 Å². The van der Waals surface area contributed by atoms with Gasteiger partial charge in [0.25, 0.3) is 0 Å². The van der Waals surface area contributed by atoms with Crippen LogP contribution >= 0.6 is 15.9 Å². The SMILES string of the molecule is CCOCc1nc2cnc3cc(Br)ccc3c2n1CCCCNC(=O)O. The number of benzene rings is 1. The van der Waals surface area contributed by atoms with E-state index < -0.39 is 6.09 Å². The molecule has 0 saturated heterocycles. The van der Waals surface area contributed by atoms with Crippen molar-refractivity contribution in [2.24, 2.45) is 0 Å². The Morgan fingerprint density at radius 1 is 1.35 bits per heavy atom. The average molecular weight is 421 g/mol. The molecule has 8 heteroatoms. The number of nitrogens with zero attached hydrogens (tertiary/aromatic N) is 3. The van der Waals surface area contributed by atoms with Crippen LogP contribution in [0.3, 0.4) is 0 Å². The van der Waals surface area contributed by atoms with Gasteiger partial charge in [0.15, 0.2) is 0 Å². The second-order valence-corrected chi connectivity index (χ2v) is 6.83. The topological polar surface area (TPSA) is 89.3 Å². The molecule has 0 atom stereocenters. The summed E-state index contributed by atoms with van der Waals surface area (Å²) in [5.41, 5.74) is 2.80. The molecule has 2 N–H and O–H groups in total. The Labute approximate surface area is 159 Å². The second-order valence-electron chi connectivity index (χ2n) is 5.91. The maximum absolute atomic E-state index is 10.6. The molecular weight excluding hydrogens is 400 g/mol. The minimum atomic E-state index is -0.988. The first-order valence-corrected chi connectivity index (χ1v) is 9.37. The fourth-order valence-corrected chi connectivity index (χ4v) is 3.32. The van der Waals surface area contributed by atoms with Crippen molar-refractivity contribution in [2.75, 3.05) is 13.2 Å². The maximum atomic E-state index is 10.6. The van der Waals surface area contributed by atoms with E-state index in [1.54, 1.807) is 6.20 Å². The number of nitrogens with one attached hydrogen (secondary N) is 1. The number of hydrogen-bond donors (Lipinski definition) is 2. The smallest absolute Gasteiger partial charge is 0.404 e. The van der Waals surface area contributed by atoms with Crippen molar-refractivity contribution in [3.63, 3.8) is 0 Å². The van der Waals surface area contributed by atoms with Gasteiger partial charge < -0.3 is 19.7 Å². The predicted molar refractivity (Wildman–Crippen MR) is 103 cm³/mol. The molecule has 1 amide bonds. The van der Waals surface area contributed by atoms with Gasteiger partial charge in [0, 0.05) is 29.6 Å². The monoisotopic (exact) mass is 420 g/mol. The summed E-state index contributed by atoms with van der Waals surface area (Å²) in [5, 5.41) is 12.1. The average Bonchev–Trinajstić information content (AvgIpc) is 2.97. The van der Waals surface area contributed by atoms with Crippen LogP contribution in [0.25, 0.3) is 21.9 Å². The van der Waals surface area contributed by atoms with Crippen LogP contribution in [-0.2, 0) is 17.9 Å². The van der Waals surface area contributed by atoms with Crippen molar-refractivity contribution in [3.8, 4) is 0 Å². The number of aromatic nitrogens is 3. The van der Waals surface area contributed by atoms with Gasteiger partial charge >= 0.3 is 6.09 Å². The van der Waals surface area contributed by atoms with E-state index in [1.807, 2.05) is 25.1 Å². The van der Waals surface area contributed by atoms with Gasteiger partial charge in [0.2, 0.25) is 0 Å². The number of aryl methyl sites for hydroxylation is 1. The molecule has 0 aliphatic carbocycles. The van der Waals surface area contributed by atoms with E-state index in [4.69, 9.17) is 14.8 Å². The van der Waals surface area contributed by atoms with E-state index in [0.29, 0.717) is 19.8 Å². The normalized spacial score (nSPS) is 11.3. The zero-order valence-electron chi connectivity index (χ0n) is 14.5. The molecule has 3 aromatic rings. The van der Waals surface area contributed by atoms with Crippen LogP contribution < -0.4 is 5.32 Å². The molecule has 0 spiro atoms. The summed E-state index contributed by atoms with van der Waals surface area (Å²) in [6, 6.07) is 6.04. The summed E-state index contributed by atoms with van der Waals surface area (Å²) in [7, 11) is 0. The summed E-state index contributed by atoms with van der Waals surface area (Å²) >= 11 is 3.49. The van der Waals surface area contributed by atoms with Gasteiger partial charge in [-0.1, -0.05) is 15.9 Å². The maximum Gasteiger partial charge on any atom is 0.404 e. The largest absolute Gasteiger partial charge is 0.465 e. The molecule has 26 heavy (non-hydrogen) atoms. The van der Waals surface area contributed by atoms with Gasteiger partial charge in [-0.05, 0) is 38.0 Å². The van der Waals surface area contributed by atoms with Crippen molar-refractivity contribution in [1.82, 2.24) is 19.9 Å². The van der Waals surface area contributed by atoms with Crippen molar-refractivity contribution < 1.29 is 14.6 Å². The first kappa shape index (κ1) is 18.6. The Morgan fingerprint density at radius 2 is 2.19 bits per heavy atom. The van der Waals surface area contributed by atoms with E-state index in [1.165, 1.54) is 0 Å². The number of carboxylic acid groups (broad SMARTS) is 1. The summed E-state index contributed by atoms with van der Waals surface area (Å²) in [5.74, 6) is 0.866. The lowest BCUT2D eigenvalue weighted by molar-refractivity contribution is 0.126. The number of hydrogen-bond acceptors (Lipinski definition) is 4. The molecular formula is C18H21BrN4O3. The number of fused-ring (bicyclic) bond motifs is 3. The highest BCUT2D eigenvalue weighted by Gasteiger charge is 2.14. The summed E-state index contributed by atoms with van der Waals surface area (Å²) < 4.78 is 8.73. The van der Waals surface area contributed by atoms with Crippen molar-refractivity contribution >= 4 is 44.0 Å². The van der Waals surface area contributed by atoms with E-state index in [-0.39, 0.29) is 0 Å². The van der Waals surface area contributed by atoms with E-state index in [0.717, 1.165) is 51.6 Å². The Hall–Kier alpha value is -2.19. The van der Waals surface area contributed by atoms with Crippen LogP contribution in [0, 0.1) is 0 Å². The van der Waals surface area contributed by atoms with Crippen LogP contribution in [0.1, 0.15) is 25.6 Å². The third-order valence-corrected chi connectivity index (χ3v) is 4.63. The molecule has 2 aromatic heterocycles. The Balaban J connectivity index is 1.94. The van der Waals surface area contributed by atoms with Gasteiger partial charge in [-0.15, -0.1) is 0 Å². The number of amides is 1. The lowest BCUT2D eigenvalue weighted by atomic mass is 10.2. The second kappa shape index (κ2) is 8.46. The lowest BCUT2D eigenvalue weighted by Gasteiger charge is -2.11. The number of unbranched alkanes of at least 4 members (excludes halogenated alkanes) is 1. The van der Waals surface area contributed by atoms with Crippen molar-refractivity contribution in [3.05, 3.63) is 34.7 Å². The first-order chi connectivity index (χ1) is 12.6. The molecule has 0 radical (unpaired) electrons. The number of ether oxygens (including phenoxy) is 1. The minimum Gasteiger partial charge on any atom is -0.465 e. The van der Waals surface area contributed by atoms with Crippen LogP contribution in [0.4, 0.5) is 4.79 Å². The third-order valence-electron chi connectivity index (χ3n) is 4.13. The fourth-order valence-electron chi connectivity index (χ4n) is 2.97. The number of halogens is 1. The van der Waals surface area contributed by atoms with Crippen LogP contribution in [0.5, 0.6) is 0 Å². The molecule has 0 unspecified atom stereocenters. The highest BCUT2D eigenvalue weighted by Crippen LogP contribution is 2.27. The van der Waals surface area contributed by atoms with Crippen LogP contribution in [0.15, 0.2) is 28.9 Å². The third kappa shape index (κ3) is 4.13. The molecule has 0 aliphatic rings. The first-order valence-electron chi connectivity index (χ1n) is 8.58. The molecule has 7 nitrogen and oxygen atoms in total. The van der Waals surface area contributed by atoms with Gasteiger partial charge in [-0.25, -0.2) is 9.78 Å². The van der Waals surface area contributed by atoms with Crippen molar-refractivity contribution in [1.29, 1.82) is 0 Å². The lowest BCUT2D eigenvalue weighted by Crippen LogP contribution is -2.22. The Bertz CT molecular complexity index is 926. The zero-order chi connectivity index (χ0) is 18.5. The highest BCUT2D eigenvalue weighted by atomic mass is 79.9. The quantitative estimate of drug-likeness (QED) is 0.538. The van der Waals surface area contributed by atoms with Gasteiger partial charge in [0.1, 0.15) is 17.9 Å². The number of pyridine rings is 1. The number of imidazole rings is 1. The Kier molecular flexibility index (Phi) is 6.05. The van der Waals surface area contributed by atoms with Gasteiger partial charge in [-0.3, -0.25) is 4.98 Å². The number of rotatable bonds is 8.